The van der Waals surface area contributed by atoms with Crippen molar-refractivity contribution in [3.63, 3.8) is 0 Å². The normalized spacial score (nSPS) is 16.1. The third-order valence-electron chi connectivity index (χ3n) is 4.89. The van der Waals surface area contributed by atoms with Crippen LogP contribution in [0.1, 0.15) is 49.1 Å². The van der Waals surface area contributed by atoms with Crippen molar-refractivity contribution in [1.29, 1.82) is 0 Å². The molecule has 2 aromatic heterocycles. The number of rotatable bonds is 5. The van der Waals surface area contributed by atoms with Crippen LogP contribution in [0.3, 0.4) is 0 Å². The van der Waals surface area contributed by atoms with Crippen molar-refractivity contribution >= 4 is 0 Å². The van der Waals surface area contributed by atoms with Crippen LogP contribution in [-0.4, -0.2) is 16.1 Å². The number of nitrogens with zero attached hydrogens (tertiary/aromatic N) is 2. The average molecular weight is 297 g/mol. The Kier molecular flexibility index (Phi) is 4.94. The number of pyridine rings is 1. The number of hydrogen-bond donors (Lipinski definition) is 1. The molecule has 0 spiro atoms. The lowest BCUT2D eigenvalue weighted by molar-refractivity contribution is 0.342. The zero-order valence-corrected chi connectivity index (χ0v) is 13.8. The third-order valence-corrected chi connectivity index (χ3v) is 4.89. The second kappa shape index (κ2) is 7.10. The molecule has 0 radical (unpaired) electrons. The van der Waals surface area contributed by atoms with E-state index >= 15 is 0 Å². The van der Waals surface area contributed by atoms with E-state index in [4.69, 9.17) is 0 Å². The van der Waals surface area contributed by atoms with E-state index in [2.05, 4.69) is 40.8 Å². The molecular formula is C19H27N3. The number of aryl methyl sites for hydroxylation is 1. The largest absolute Gasteiger partial charge is 0.312 e. The Labute approximate surface area is 133 Å². The van der Waals surface area contributed by atoms with Gasteiger partial charge in [0.2, 0.25) is 0 Å². The molecule has 1 N–H and O–H groups in total. The molecule has 0 aromatic carbocycles. The number of aromatic nitrogens is 2. The topological polar surface area (TPSA) is 29.9 Å². The maximum absolute atomic E-state index is 4.48. The first-order valence-corrected chi connectivity index (χ1v) is 8.55. The van der Waals surface area contributed by atoms with Crippen LogP contribution in [0.4, 0.5) is 0 Å². The van der Waals surface area contributed by atoms with E-state index in [0.29, 0.717) is 0 Å². The predicted molar refractivity (Wildman–Crippen MR) is 91.3 cm³/mol. The first-order chi connectivity index (χ1) is 10.8. The summed E-state index contributed by atoms with van der Waals surface area (Å²) in [6.45, 7) is 6.47. The molecule has 0 aliphatic heterocycles. The SMILES string of the molecule is Cc1cc(CNCC2CCCCC2)c(C)n1-c1ccccn1. The summed E-state index contributed by atoms with van der Waals surface area (Å²) in [6.07, 6.45) is 8.93. The highest BCUT2D eigenvalue weighted by Gasteiger charge is 2.14. The summed E-state index contributed by atoms with van der Waals surface area (Å²) in [4.78, 5) is 4.48. The van der Waals surface area contributed by atoms with Gasteiger partial charge in [-0.05, 0) is 62.9 Å². The molecule has 0 bridgehead atoms. The Balaban J connectivity index is 1.65. The lowest BCUT2D eigenvalue weighted by Crippen LogP contribution is -2.24. The van der Waals surface area contributed by atoms with Crippen molar-refractivity contribution < 1.29 is 0 Å². The van der Waals surface area contributed by atoms with E-state index in [-0.39, 0.29) is 0 Å². The average Bonchev–Trinajstić information content (AvgIpc) is 2.83. The molecule has 0 amide bonds. The highest BCUT2D eigenvalue weighted by Crippen LogP contribution is 2.23. The maximum atomic E-state index is 4.48. The molecule has 22 heavy (non-hydrogen) atoms. The van der Waals surface area contributed by atoms with Gasteiger partial charge in [0.25, 0.3) is 0 Å². The summed E-state index contributed by atoms with van der Waals surface area (Å²) in [5, 5.41) is 3.67. The van der Waals surface area contributed by atoms with Crippen molar-refractivity contribution in [1.82, 2.24) is 14.9 Å². The predicted octanol–water partition coefficient (Wildman–Crippen LogP) is 4.16. The fourth-order valence-electron chi connectivity index (χ4n) is 3.65. The van der Waals surface area contributed by atoms with Crippen LogP contribution in [0.5, 0.6) is 0 Å². The molecule has 3 nitrogen and oxygen atoms in total. The van der Waals surface area contributed by atoms with Gasteiger partial charge in [0, 0.05) is 24.1 Å². The molecule has 2 heterocycles. The van der Waals surface area contributed by atoms with Crippen LogP contribution >= 0.6 is 0 Å². The fraction of sp³-hybridized carbons (Fsp3) is 0.526. The molecule has 3 rings (SSSR count). The van der Waals surface area contributed by atoms with Gasteiger partial charge in [-0.2, -0.15) is 0 Å². The van der Waals surface area contributed by atoms with Crippen LogP contribution in [0, 0.1) is 19.8 Å². The number of hydrogen-bond acceptors (Lipinski definition) is 2. The summed E-state index contributed by atoms with van der Waals surface area (Å²) in [5.74, 6) is 1.89. The molecule has 1 fully saturated rings. The standard InChI is InChI=1S/C19H27N3/c1-15-12-18(14-20-13-17-8-4-3-5-9-17)16(2)22(15)19-10-6-7-11-21-19/h6-7,10-12,17,20H,3-5,8-9,13-14H2,1-2H3. The minimum absolute atomic E-state index is 0.882. The van der Waals surface area contributed by atoms with Crippen molar-refractivity contribution in [2.24, 2.45) is 5.92 Å². The van der Waals surface area contributed by atoms with Crippen LogP contribution in [0.15, 0.2) is 30.5 Å². The van der Waals surface area contributed by atoms with Crippen LogP contribution < -0.4 is 5.32 Å². The molecule has 3 heteroatoms. The summed E-state index contributed by atoms with van der Waals surface area (Å²) < 4.78 is 2.25. The summed E-state index contributed by atoms with van der Waals surface area (Å²) >= 11 is 0. The first kappa shape index (κ1) is 15.3. The minimum atomic E-state index is 0.882. The molecule has 118 valence electrons. The Morgan fingerprint density at radius 3 is 2.73 bits per heavy atom. The van der Waals surface area contributed by atoms with E-state index in [1.165, 1.54) is 49.1 Å². The van der Waals surface area contributed by atoms with Gasteiger partial charge in [-0.25, -0.2) is 4.98 Å². The summed E-state index contributed by atoms with van der Waals surface area (Å²) in [5.41, 5.74) is 3.94. The van der Waals surface area contributed by atoms with E-state index in [1.54, 1.807) is 0 Å². The van der Waals surface area contributed by atoms with Crippen molar-refractivity contribution in [3.8, 4) is 5.82 Å². The van der Waals surface area contributed by atoms with Crippen molar-refractivity contribution in [2.45, 2.75) is 52.5 Å². The Bertz CT molecular complexity index is 595. The third kappa shape index (κ3) is 3.41. The Morgan fingerprint density at radius 2 is 2.00 bits per heavy atom. The van der Waals surface area contributed by atoms with Crippen molar-refractivity contribution in [3.05, 3.63) is 47.4 Å². The second-order valence-electron chi connectivity index (χ2n) is 6.55. The second-order valence-corrected chi connectivity index (χ2v) is 6.55. The molecule has 2 aromatic rings. The maximum Gasteiger partial charge on any atom is 0.136 e. The van der Waals surface area contributed by atoms with Crippen molar-refractivity contribution in [2.75, 3.05) is 6.54 Å². The zero-order chi connectivity index (χ0) is 15.4. The van der Waals surface area contributed by atoms with Gasteiger partial charge >= 0.3 is 0 Å². The van der Waals surface area contributed by atoms with Gasteiger partial charge in [-0.3, -0.25) is 0 Å². The van der Waals surface area contributed by atoms with Crippen LogP contribution in [-0.2, 0) is 6.54 Å². The van der Waals surface area contributed by atoms with Crippen LogP contribution in [0.25, 0.3) is 5.82 Å². The Hall–Kier alpha value is -1.61. The molecular weight excluding hydrogens is 270 g/mol. The van der Waals surface area contributed by atoms with Gasteiger partial charge in [0.05, 0.1) is 0 Å². The molecule has 1 aliphatic rings. The van der Waals surface area contributed by atoms with E-state index < -0.39 is 0 Å². The Morgan fingerprint density at radius 1 is 1.18 bits per heavy atom. The molecule has 1 saturated carbocycles. The monoisotopic (exact) mass is 297 g/mol. The van der Waals surface area contributed by atoms with Gasteiger partial charge < -0.3 is 9.88 Å². The van der Waals surface area contributed by atoms with Crippen LogP contribution in [0.2, 0.25) is 0 Å². The number of nitrogens with one attached hydrogen (secondary N) is 1. The van der Waals surface area contributed by atoms with E-state index in [0.717, 1.165) is 24.8 Å². The van der Waals surface area contributed by atoms with Gasteiger partial charge in [-0.1, -0.05) is 25.3 Å². The van der Waals surface area contributed by atoms with E-state index in [9.17, 15) is 0 Å². The van der Waals surface area contributed by atoms with Gasteiger partial charge in [-0.15, -0.1) is 0 Å². The highest BCUT2D eigenvalue weighted by molar-refractivity contribution is 5.36. The van der Waals surface area contributed by atoms with E-state index in [1.807, 2.05) is 18.3 Å². The van der Waals surface area contributed by atoms with Gasteiger partial charge in [0.1, 0.15) is 5.82 Å². The molecule has 0 atom stereocenters. The fourth-order valence-corrected chi connectivity index (χ4v) is 3.65. The summed E-state index contributed by atoms with van der Waals surface area (Å²) in [6, 6.07) is 8.36. The minimum Gasteiger partial charge on any atom is -0.312 e. The molecule has 1 aliphatic carbocycles. The highest BCUT2D eigenvalue weighted by atomic mass is 15.1. The zero-order valence-electron chi connectivity index (χ0n) is 13.8. The first-order valence-electron chi connectivity index (χ1n) is 8.55. The lowest BCUT2D eigenvalue weighted by atomic mass is 9.89. The molecule has 0 unspecified atom stereocenters. The smallest absolute Gasteiger partial charge is 0.136 e. The lowest BCUT2D eigenvalue weighted by Gasteiger charge is -2.21. The summed E-state index contributed by atoms with van der Waals surface area (Å²) in [7, 11) is 0. The molecule has 0 saturated heterocycles. The quantitative estimate of drug-likeness (QED) is 0.898. The van der Waals surface area contributed by atoms with Gasteiger partial charge in [0.15, 0.2) is 0 Å².